The number of halogens is 1. The van der Waals surface area contributed by atoms with E-state index >= 15 is 0 Å². The summed E-state index contributed by atoms with van der Waals surface area (Å²) in [7, 11) is 3.18. The van der Waals surface area contributed by atoms with Gasteiger partial charge in [0.15, 0.2) is 16.2 Å². The predicted octanol–water partition coefficient (Wildman–Crippen LogP) is 4.94. The Kier molecular flexibility index (Phi) is 6.31. The highest BCUT2D eigenvalue weighted by Crippen LogP contribution is 2.33. The molecule has 0 radical (unpaired) electrons. The van der Waals surface area contributed by atoms with Crippen molar-refractivity contribution in [2.24, 2.45) is 0 Å². The Morgan fingerprint density at radius 2 is 2.04 bits per heavy atom. The van der Waals surface area contributed by atoms with Gasteiger partial charge in [0.05, 0.1) is 19.9 Å². The third-order valence-electron chi connectivity index (χ3n) is 3.52. The van der Waals surface area contributed by atoms with Crippen LogP contribution in [0.4, 0.5) is 0 Å². The number of nitrogens with zero attached hydrogens (tertiary/aromatic N) is 1. The van der Waals surface area contributed by atoms with E-state index in [1.54, 1.807) is 32.4 Å². The lowest BCUT2D eigenvalue weighted by Crippen LogP contribution is -2.00. The average molecular weight is 450 g/mol. The van der Waals surface area contributed by atoms with Crippen LogP contribution in [-0.2, 0) is 16.1 Å². The van der Waals surface area contributed by atoms with Crippen molar-refractivity contribution in [1.29, 1.82) is 0 Å². The van der Waals surface area contributed by atoms with Gasteiger partial charge in [0.25, 0.3) is 0 Å². The summed E-state index contributed by atoms with van der Waals surface area (Å²) in [5, 5.41) is 2.66. The smallest absolute Gasteiger partial charge is 0.331 e. The number of carbonyl (C=O) groups is 1. The van der Waals surface area contributed by atoms with Crippen molar-refractivity contribution >= 4 is 39.3 Å². The second-order valence-corrected chi connectivity index (χ2v) is 6.94. The summed E-state index contributed by atoms with van der Waals surface area (Å²) in [6.07, 6.45) is 2.86. The van der Waals surface area contributed by atoms with E-state index in [2.05, 4.69) is 20.9 Å². The molecule has 0 aliphatic carbocycles. The molecule has 0 atom stereocenters. The van der Waals surface area contributed by atoms with E-state index in [4.69, 9.17) is 18.6 Å². The lowest BCUT2D eigenvalue weighted by atomic mass is 10.2. The molecule has 0 unspecified atom stereocenters. The largest absolute Gasteiger partial charge is 0.493 e. The molecule has 1 aromatic carbocycles. The number of methoxy groups -OCH3 is 2. The molecule has 2 aromatic heterocycles. The molecule has 0 spiro atoms. The molecule has 0 aliphatic rings. The second-order valence-electron chi connectivity index (χ2n) is 5.30. The van der Waals surface area contributed by atoms with Crippen molar-refractivity contribution in [2.45, 2.75) is 6.61 Å². The molecule has 0 fully saturated rings. The molecule has 3 aromatic rings. The quantitative estimate of drug-likeness (QED) is 0.375. The average Bonchev–Trinajstić information content (AvgIpc) is 3.33. The molecule has 0 N–H and O–H groups in total. The van der Waals surface area contributed by atoms with Gasteiger partial charge in [-0.05, 0) is 52.3 Å². The summed E-state index contributed by atoms with van der Waals surface area (Å²) < 4.78 is 21.6. The highest BCUT2D eigenvalue weighted by molar-refractivity contribution is 9.10. The first-order valence-corrected chi connectivity index (χ1v) is 9.53. The van der Waals surface area contributed by atoms with Gasteiger partial charge in [0.2, 0.25) is 0 Å². The molecular formula is C19H16BrNO5S. The molecule has 0 aliphatic heterocycles. The fourth-order valence-corrected chi connectivity index (χ4v) is 3.36. The SMILES string of the molecule is COc1ccc(-c2nc(COC(=O)/C=C/c3ccc(Br)o3)cs2)cc1OC. The van der Waals surface area contributed by atoms with Gasteiger partial charge in [0.1, 0.15) is 17.4 Å². The number of aromatic nitrogens is 1. The number of ether oxygens (including phenoxy) is 3. The van der Waals surface area contributed by atoms with Crippen LogP contribution >= 0.6 is 27.3 Å². The first kappa shape index (κ1) is 19.2. The Hall–Kier alpha value is -2.58. The Morgan fingerprint density at radius 3 is 2.74 bits per heavy atom. The first-order chi connectivity index (χ1) is 13.1. The zero-order valence-electron chi connectivity index (χ0n) is 14.6. The number of furan rings is 1. The zero-order valence-corrected chi connectivity index (χ0v) is 17.0. The summed E-state index contributed by atoms with van der Waals surface area (Å²) in [4.78, 5) is 16.3. The van der Waals surface area contributed by atoms with Crippen LogP contribution in [0.25, 0.3) is 16.6 Å². The normalized spacial score (nSPS) is 10.9. The van der Waals surface area contributed by atoms with E-state index in [1.807, 2.05) is 23.6 Å². The van der Waals surface area contributed by atoms with Crippen LogP contribution in [0.5, 0.6) is 11.5 Å². The summed E-state index contributed by atoms with van der Waals surface area (Å²) in [6, 6.07) is 9.07. The van der Waals surface area contributed by atoms with E-state index in [0.717, 1.165) is 10.6 Å². The van der Waals surface area contributed by atoms with E-state index in [9.17, 15) is 4.79 Å². The fraction of sp³-hybridized carbons (Fsp3) is 0.158. The number of esters is 1. The molecule has 0 saturated carbocycles. The Labute approximate surface area is 168 Å². The zero-order chi connectivity index (χ0) is 19.2. The van der Waals surface area contributed by atoms with Gasteiger partial charge in [-0.25, -0.2) is 9.78 Å². The summed E-state index contributed by atoms with van der Waals surface area (Å²) >= 11 is 4.66. The van der Waals surface area contributed by atoms with Crippen LogP contribution in [-0.4, -0.2) is 25.2 Å². The van der Waals surface area contributed by atoms with Crippen LogP contribution in [0, 0.1) is 0 Å². The van der Waals surface area contributed by atoms with Gasteiger partial charge in [-0.1, -0.05) is 0 Å². The monoisotopic (exact) mass is 449 g/mol. The minimum Gasteiger partial charge on any atom is -0.493 e. The standard InChI is InChI=1S/C19H16BrNO5S/c1-23-15-6-3-12(9-16(15)24-2)19-21-13(11-27-19)10-25-18(22)8-5-14-4-7-17(20)26-14/h3-9,11H,10H2,1-2H3/b8-5+. The number of rotatable bonds is 7. The van der Waals surface area contributed by atoms with Crippen LogP contribution in [0.15, 0.2) is 50.9 Å². The fourth-order valence-electron chi connectivity index (χ4n) is 2.24. The molecule has 6 nitrogen and oxygen atoms in total. The molecule has 0 saturated heterocycles. The van der Waals surface area contributed by atoms with Crippen molar-refractivity contribution in [2.75, 3.05) is 14.2 Å². The third-order valence-corrected chi connectivity index (χ3v) is 4.89. The van der Waals surface area contributed by atoms with E-state index in [1.165, 1.54) is 17.4 Å². The molecule has 0 bridgehead atoms. The first-order valence-electron chi connectivity index (χ1n) is 7.86. The van der Waals surface area contributed by atoms with Crippen molar-refractivity contribution in [3.63, 3.8) is 0 Å². The summed E-state index contributed by atoms with van der Waals surface area (Å²) in [5.74, 6) is 1.38. The van der Waals surface area contributed by atoms with Gasteiger partial charge in [-0.3, -0.25) is 0 Å². The molecule has 8 heteroatoms. The van der Waals surface area contributed by atoms with Gasteiger partial charge >= 0.3 is 5.97 Å². The molecular weight excluding hydrogens is 434 g/mol. The molecule has 3 rings (SSSR count). The maximum absolute atomic E-state index is 11.8. The Balaban J connectivity index is 1.61. The molecule has 140 valence electrons. The maximum atomic E-state index is 11.8. The van der Waals surface area contributed by atoms with E-state index < -0.39 is 5.97 Å². The summed E-state index contributed by atoms with van der Waals surface area (Å²) in [6.45, 7) is 0.0921. The van der Waals surface area contributed by atoms with Crippen molar-refractivity contribution in [3.05, 3.63) is 57.9 Å². The lowest BCUT2D eigenvalue weighted by Gasteiger charge is -2.08. The molecule has 2 heterocycles. The highest BCUT2D eigenvalue weighted by Gasteiger charge is 2.10. The van der Waals surface area contributed by atoms with E-state index in [0.29, 0.717) is 27.6 Å². The maximum Gasteiger partial charge on any atom is 0.331 e. The van der Waals surface area contributed by atoms with Gasteiger partial charge in [-0.15, -0.1) is 11.3 Å². The predicted molar refractivity (Wildman–Crippen MR) is 106 cm³/mol. The van der Waals surface area contributed by atoms with Crippen LogP contribution in [0.3, 0.4) is 0 Å². The van der Waals surface area contributed by atoms with Gasteiger partial charge in [-0.2, -0.15) is 0 Å². The Morgan fingerprint density at radius 1 is 1.22 bits per heavy atom. The van der Waals surface area contributed by atoms with Crippen LogP contribution in [0.1, 0.15) is 11.5 Å². The van der Waals surface area contributed by atoms with Crippen LogP contribution < -0.4 is 9.47 Å². The van der Waals surface area contributed by atoms with Crippen molar-refractivity contribution in [1.82, 2.24) is 4.98 Å². The van der Waals surface area contributed by atoms with Gasteiger partial charge < -0.3 is 18.6 Å². The second kappa shape index (κ2) is 8.88. The Bertz CT molecular complexity index is 963. The van der Waals surface area contributed by atoms with Crippen molar-refractivity contribution in [3.8, 4) is 22.1 Å². The number of benzene rings is 1. The molecule has 27 heavy (non-hydrogen) atoms. The lowest BCUT2D eigenvalue weighted by molar-refractivity contribution is -0.139. The number of thiazole rings is 1. The highest BCUT2D eigenvalue weighted by atomic mass is 79.9. The van der Waals surface area contributed by atoms with Crippen molar-refractivity contribution < 1.29 is 23.4 Å². The number of hydrogen-bond acceptors (Lipinski definition) is 7. The number of carbonyl (C=O) groups excluding carboxylic acids is 1. The topological polar surface area (TPSA) is 70.8 Å². The van der Waals surface area contributed by atoms with Crippen LogP contribution in [0.2, 0.25) is 0 Å². The number of hydrogen-bond donors (Lipinski definition) is 0. The van der Waals surface area contributed by atoms with Gasteiger partial charge in [0, 0.05) is 17.0 Å². The molecule has 0 amide bonds. The minimum atomic E-state index is -0.469. The summed E-state index contributed by atoms with van der Waals surface area (Å²) in [5.41, 5.74) is 1.57. The minimum absolute atomic E-state index is 0.0921. The third kappa shape index (κ3) is 4.99. The van der Waals surface area contributed by atoms with E-state index in [-0.39, 0.29) is 6.61 Å².